The number of piperidine rings is 1. The number of aliphatic hydroxyl groups is 1. The summed E-state index contributed by atoms with van der Waals surface area (Å²) in [5.74, 6) is 1.01. The summed E-state index contributed by atoms with van der Waals surface area (Å²) < 4.78 is 0. The molecule has 1 aliphatic rings. The van der Waals surface area contributed by atoms with Crippen LogP contribution in [0.1, 0.15) is 45.2 Å². The Morgan fingerprint density at radius 3 is 2.71 bits per heavy atom. The van der Waals surface area contributed by atoms with Crippen LogP contribution in [0, 0.1) is 6.92 Å². The highest BCUT2D eigenvalue weighted by Gasteiger charge is 2.26. The number of carbonyl (C=O) groups is 1. The van der Waals surface area contributed by atoms with E-state index in [0.29, 0.717) is 6.42 Å². The van der Waals surface area contributed by atoms with Gasteiger partial charge in [0.2, 0.25) is 0 Å². The van der Waals surface area contributed by atoms with Gasteiger partial charge in [0.1, 0.15) is 5.82 Å². The molecule has 1 aromatic heterocycles. The van der Waals surface area contributed by atoms with Crippen molar-refractivity contribution < 1.29 is 9.90 Å². The number of aromatic nitrogens is 1. The van der Waals surface area contributed by atoms with Crippen LogP contribution in [0.3, 0.4) is 0 Å². The molecular weight excluding hydrogens is 304 g/mol. The highest BCUT2D eigenvalue weighted by molar-refractivity contribution is 5.75. The molecule has 0 radical (unpaired) electrons. The Bertz CT molecular complexity index is 544. The molecule has 6 heteroatoms. The van der Waals surface area contributed by atoms with Crippen molar-refractivity contribution in [3.8, 4) is 0 Å². The third kappa shape index (κ3) is 5.09. The molecule has 0 aliphatic carbocycles. The predicted molar refractivity (Wildman–Crippen MR) is 96.3 cm³/mol. The first-order valence-electron chi connectivity index (χ1n) is 8.84. The molecule has 0 bridgehead atoms. The Morgan fingerprint density at radius 2 is 2.12 bits per heavy atom. The molecule has 0 spiro atoms. The summed E-state index contributed by atoms with van der Waals surface area (Å²) >= 11 is 0. The maximum absolute atomic E-state index is 12.2. The number of nitrogens with one attached hydrogen (secondary N) is 2. The van der Waals surface area contributed by atoms with E-state index < -0.39 is 0 Å². The van der Waals surface area contributed by atoms with Crippen LogP contribution in [0.4, 0.5) is 10.6 Å². The summed E-state index contributed by atoms with van der Waals surface area (Å²) in [6.45, 7) is 7.84. The Labute approximate surface area is 144 Å². The van der Waals surface area contributed by atoms with Crippen molar-refractivity contribution in [3.05, 3.63) is 23.9 Å². The fourth-order valence-electron chi connectivity index (χ4n) is 3.03. The molecule has 1 aliphatic heterocycles. The lowest BCUT2D eigenvalue weighted by Crippen LogP contribution is -2.54. The van der Waals surface area contributed by atoms with Gasteiger partial charge < -0.3 is 20.6 Å². The number of aryl methyl sites for hydroxylation is 1. The zero-order chi connectivity index (χ0) is 17.6. The first-order valence-corrected chi connectivity index (χ1v) is 8.84. The number of carbonyl (C=O) groups excluding carboxylic acids is 1. The zero-order valence-electron chi connectivity index (χ0n) is 15.0. The second-order valence-corrected chi connectivity index (χ2v) is 6.88. The summed E-state index contributed by atoms with van der Waals surface area (Å²) in [6.07, 6.45) is 3.17. The lowest BCUT2D eigenvalue weighted by molar-refractivity contribution is 0.197. The standard InChI is InChI=1S/C18H30N4O2/c1-4-18(3,10-13-23)21-17(24)20-15-8-11-22(12-9-15)16-7-5-6-14(2)19-16/h5-7,15,23H,4,8-13H2,1-3H3,(H2,20,21,24). The third-order valence-electron chi connectivity index (χ3n) is 4.89. The minimum Gasteiger partial charge on any atom is -0.396 e. The number of amides is 2. The molecular formula is C18H30N4O2. The van der Waals surface area contributed by atoms with Crippen LogP contribution in [0.25, 0.3) is 0 Å². The molecule has 3 N–H and O–H groups in total. The van der Waals surface area contributed by atoms with Crippen molar-refractivity contribution in [2.75, 3.05) is 24.6 Å². The van der Waals surface area contributed by atoms with Crippen LogP contribution >= 0.6 is 0 Å². The number of pyridine rings is 1. The van der Waals surface area contributed by atoms with Crippen LogP contribution in [-0.4, -0.2) is 47.4 Å². The van der Waals surface area contributed by atoms with E-state index >= 15 is 0 Å². The van der Waals surface area contributed by atoms with Crippen LogP contribution in [0.5, 0.6) is 0 Å². The van der Waals surface area contributed by atoms with Gasteiger partial charge in [0.05, 0.1) is 0 Å². The van der Waals surface area contributed by atoms with Crippen LogP contribution in [0.15, 0.2) is 18.2 Å². The van der Waals surface area contributed by atoms with Crippen LogP contribution in [-0.2, 0) is 0 Å². The molecule has 1 fully saturated rings. The lowest BCUT2D eigenvalue weighted by atomic mass is 9.95. The molecule has 0 aromatic carbocycles. The Kier molecular flexibility index (Phi) is 6.43. The molecule has 6 nitrogen and oxygen atoms in total. The number of hydrogen-bond donors (Lipinski definition) is 3. The molecule has 2 rings (SSSR count). The van der Waals surface area contributed by atoms with Crippen molar-refractivity contribution in [2.24, 2.45) is 0 Å². The van der Waals surface area contributed by atoms with Gasteiger partial charge in [0.25, 0.3) is 0 Å². The van der Waals surface area contributed by atoms with Gasteiger partial charge in [-0.1, -0.05) is 13.0 Å². The summed E-state index contributed by atoms with van der Waals surface area (Å²) in [4.78, 5) is 19.1. The van der Waals surface area contributed by atoms with E-state index in [1.807, 2.05) is 39.0 Å². The monoisotopic (exact) mass is 334 g/mol. The number of aliphatic hydroxyl groups excluding tert-OH is 1. The number of rotatable bonds is 6. The van der Waals surface area contributed by atoms with Crippen LogP contribution in [0.2, 0.25) is 0 Å². The Balaban J connectivity index is 1.81. The minimum atomic E-state index is -0.356. The van der Waals surface area contributed by atoms with Crippen molar-refractivity contribution in [1.82, 2.24) is 15.6 Å². The second kappa shape index (κ2) is 8.33. The molecule has 1 aromatic rings. The SMILES string of the molecule is CCC(C)(CCO)NC(=O)NC1CCN(c2cccc(C)n2)CC1. The molecule has 1 atom stereocenters. The molecule has 2 amide bonds. The summed E-state index contributed by atoms with van der Waals surface area (Å²) in [7, 11) is 0. The van der Waals surface area contributed by atoms with Crippen molar-refractivity contribution in [1.29, 1.82) is 0 Å². The number of urea groups is 1. The van der Waals surface area contributed by atoms with Crippen molar-refractivity contribution in [3.63, 3.8) is 0 Å². The van der Waals surface area contributed by atoms with Crippen LogP contribution < -0.4 is 15.5 Å². The van der Waals surface area contributed by atoms with Crippen molar-refractivity contribution in [2.45, 2.75) is 58.0 Å². The molecule has 1 saturated heterocycles. The van der Waals surface area contributed by atoms with Gasteiger partial charge in [0.15, 0.2) is 0 Å². The minimum absolute atomic E-state index is 0.0759. The zero-order valence-corrected chi connectivity index (χ0v) is 15.0. The number of nitrogens with zero attached hydrogens (tertiary/aromatic N) is 2. The third-order valence-corrected chi connectivity index (χ3v) is 4.89. The van der Waals surface area contributed by atoms with Gasteiger partial charge in [0, 0.05) is 37.0 Å². The Hall–Kier alpha value is -1.82. The average molecular weight is 334 g/mol. The maximum atomic E-state index is 12.2. The number of anilines is 1. The van der Waals surface area contributed by atoms with E-state index in [2.05, 4.69) is 20.5 Å². The summed E-state index contributed by atoms with van der Waals surface area (Å²) in [5.41, 5.74) is 0.667. The highest BCUT2D eigenvalue weighted by Crippen LogP contribution is 2.18. The second-order valence-electron chi connectivity index (χ2n) is 6.88. The number of hydrogen-bond acceptors (Lipinski definition) is 4. The van der Waals surface area contributed by atoms with Gasteiger partial charge in [-0.2, -0.15) is 0 Å². The maximum Gasteiger partial charge on any atom is 0.315 e. The molecule has 24 heavy (non-hydrogen) atoms. The van der Waals surface area contributed by atoms with Gasteiger partial charge in [-0.15, -0.1) is 0 Å². The highest BCUT2D eigenvalue weighted by atomic mass is 16.3. The van der Waals surface area contributed by atoms with E-state index in [-0.39, 0.29) is 24.2 Å². The van der Waals surface area contributed by atoms with Crippen molar-refractivity contribution >= 4 is 11.8 Å². The molecule has 1 unspecified atom stereocenters. The fraction of sp³-hybridized carbons (Fsp3) is 0.667. The summed E-state index contributed by atoms with van der Waals surface area (Å²) in [6, 6.07) is 6.11. The van der Waals surface area contributed by atoms with E-state index in [0.717, 1.165) is 43.9 Å². The lowest BCUT2D eigenvalue weighted by Gasteiger charge is -2.35. The van der Waals surface area contributed by atoms with Gasteiger partial charge in [-0.3, -0.25) is 0 Å². The smallest absolute Gasteiger partial charge is 0.315 e. The molecule has 2 heterocycles. The molecule has 0 saturated carbocycles. The van der Waals surface area contributed by atoms with Gasteiger partial charge in [-0.25, -0.2) is 9.78 Å². The largest absolute Gasteiger partial charge is 0.396 e. The quantitative estimate of drug-likeness (QED) is 0.745. The van der Waals surface area contributed by atoms with E-state index in [1.54, 1.807) is 0 Å². The Morgan fingerprint density at radius 1 is 1.42 bits per heavy atom. The topological polar surface area (TPSA) is 77.5 Å². The fourth-order valence-corrected chi connectivity index (χ4v) is 3.03. The average Bonchev–Trinajstić information content (AvgIpc) is 2.55. The van der Waals surface area contributed by atoms with E-state index in [1.165, 1.54) is 0 Å². The molecule has 134 valence electrons. The van der Waals surface area contributed by atoms with Gasteiger partial charge >= 0.3 is 6.03 Å². The predicted octanol–water partition coefficient (Wildman–Crippen LogP) is 2.21. The summed E-state index contributed by atoms with van der Waals surface area (Å²) in [5, 5.41) is 15.2. The van der Waals surface area contributed by atoms with E-state index in [4.69, 9.17) is 5.11 Å². The van der Waals surface area contributed by atoms with Gasteiger partial charge in [-0.05, 0) is 51.7 Å². The first-order chi connectivity index (χ1) is 11.5. The normalized spacial score (nSPS) is 18.1. The van der Waals surface area contributed by atoms with E-state index in [9.17, 15) is 4.79 Å². The first kappa shape index (κ1) is 18.5.